The number of likely N-dealkylation sites (N-methyl/N-ethyl adjacent to an activating group) is 1. The lowest BCUT2D eigenvalue weighted by Gasteiger charge is -2.30. The third kappa shape index (κ3) is 3.54. The van der Waals surface area contributed by atoms with Crippen LogP contribution in [0.3, 0.4) is 0 Å². The van der Waals surface area contributed by atoms with Gasteiger partial charge in [-0.2, -0.15) is 5.10 Å². The molecule has 3 heterocycles. The van der Waals surface area contributed by atoms with Gasteiger partial charge in [-0.3, -0.25) is 19.8 Å². The molecule has 1 saturated heterocycles. The highest BCUT2D eigenvalue weighted by atomic mass is 16.5. The summed E-state index contributed by atoms with van der Waals surface area (Å²) in [5.41, 5.74) is 1.26. The highest BCUT2D eigenvalue weighted by molar-refractivity contribution is 5.95. The molecule has 2 aromatic rings. The molecule has 8 heteroatoms. The predicted octanol–water partition coefficient (Wildman–Crippen LogP) is 0.441. The van der Waals surface area contributed by atoms with E-state index in [0.717, 1.165) is 13.2 Å². The van der Waals surface area contributed by atoms with E-state index in [1.807, 2.05) is 7.05 Å². The quantitative estimate of drug-likeness (QED) is 0.850. The maximum absolute atomic E-state index is 12.2. The van der Waals surface area contributed by atoms with Crippen LogP contribution in [0.1, 0.15) is 33.7 Å². The third-order valence-corrected chi connectivity index (χ3v) is 3.91. The van der Waals surface area contributed by atoms with Gasteiger partial charge in [-0.25, -0.2) is 4.98 Å². The predicted molar refractivity (Wildman–Crippen MR) is 82.7 cm³/mol. The van der Waals surface area contributed by atoms with Crippen LogP contribution in [-0.4, -0.2) is 57.8 Å². The minimum absolute atomic E-state index is 0.0463. The maximum Gasteiger partial charge on any atom is 0.253 e. The van der Waals surface area contributed by atoms with Crippen molar-refractivity contribution < 1.29 is 9.53 Å². The Morgan fingerprint density at radius 2 is 2.43 bits per heavy atom. The maximum atomic E-state index is 12.2. The van der Waals surface area contributed by atoms with Gasteiger partial charge in [0.2, 0.25) is 0 Å². The van der Waals surface area contributed by atoms with E-state index < -0.39 is 0 Å². The second-order valence-corrected chi connectivity index (χ2v) is 5.53. The van der Waals surface area contributed by atoms with Gasteiger partial charge in [0, 0.05) is 18.4 Å². The molecule has 1 atom stereocenters. The fraction of sp³-hybridized carbons (Fsp3) is 0.467. The van der Waals surface area contributed by atoms with Crippen molar-refractivity contribution in [1.82, 2.24) is 30.4 Å². The van der Waals surface area contributed by atoms with Gasteiger partial charge < -0.3 is 10.1 Å². The number of ether oxygens (including phenoxy) is 1. The Bertz CT molecular complexity index is 686. The summed E-state index contributed by atoms with van der Waals surface area (Å²) in [6.07, 6.45) is 1.66. The van der Waals surface area contributed by atoms with Gasteiger partial charge in [0.25, 0.3) is 5.91 Å². The molecule has 1 unspecified atom stereocenters. The van der Waals surface area contributed by atoms with Gasteiger partial charge in [0.15, 0.2) is 5.82 Å². The molecule has 0 radical (unpaired) electrons. The fourth-order valence-electron chi connectivity index (χ4n) is 2.48. The number of hydrogen-bond donors (Lipinski definition) is 2. The minimum atomic E-state index is -0.174. The summed E-state index contributed by atoms with van der Waals surface area (Å²) in [6.45, 7) is 4.25. The minimum Gasteiger partial charge on any atom is -0.378 e. The third-order valence-electron chi connectivity index (χ3n) is 3.91. The smallest absolute Gasteiger partial charge is 0.253 e. The summed E-state index contributed by atoms with van der Waals surface area (Å²) < 4.78 is 5.47. The number of hydrogen-bond acceptors (Lipinski definition) is 6. The number of pyridine rings is 1. The molecule has 0 aliphatic carbocycles. The second kappa shape index (κ2) is 6.84. The zero-order valence-corrected chi connectivity index (χ0v) is 13.2. The molecule has 1 fully saturated rings. The van der Waals surface area contributed by atoms with Crippen molar-refractivity contribution in [1.29, 1.82) is 0 Å². The molecule has 122 valence electrons. The van der Waals surface area contributed by atoms with Crippen LogP contribution in [0.25, 0.3) is 0 Å². The molecular weight excluding hydrogens is 296 g/mol. The van der Waals surface area contributed by atoms with Crippen molar-refractivity contribution in [2.75, 3.05) is 26.8 Å². The van der Waals surface area contributed by atoms with E-state index in [-0.39, 0.29) is 18.5 Å². The molecule has 1 amide bonds. The Morgan fingerprint density at radius 3 is 3.22 bits per heavy atom. The Hall–Kier alpha value is -2.32. The Morgan fingerprint density at radius 1 is 1.57 bits per heavy atom. The summed E-state index contributed by atoms with van der Waals surface area (Å²) >= 11 is 0. The Balaban J connectivity index is 1.61. The van der Waals surface area contributed by atoms with Crippen molar-refractivity contribution in [3.63, 3.8) is 0 Å². The van der Waals surface area contributed by atoms with Crippen LogP contribution in [0, 0.1) is 6.92 Å². The number of carbonyl (C=O) groups is 1. The standard InChI is InChI=1S/C15H20N6O2/c1-10-11(4-3-5-16-10)15(22)17-8-13-18-14(20-19-13)12-9-23-7-6-21(12)2/h3-5,12H,6-9H2,1-2H3,(H,17,22)(H,18,19,20). The molecular formula is C15H20N6O2. The van der Waals surface area contributed by atoms with Crippen molar-refractivity contribution in [2.45, 2.75) is 19.5 Å². The average molecular weight is 316 g/mol. The number of aromatic amines is 1. The van der Waals surface area contributed by atoms with Crippen LogP contribution in [0.2, 0.25) is 0 Å². The van der Waals surface area contributed by atoms with E-state index >= 15 is 0 Å². The molecule has 1 aliphatic heterocycles. The lowest BCUT2D eigenvalue weighted by molar-refractivity contribution is 0.00193. The molecule has 0 saturated carbocycles. The Kier molecular flexibility index (Phi) is 4.63. The van der Waals surface area contributed by atoms with E-state index in [9.17, 15) is 4.79 Å². The van der Waals surface area contributed by atoms with Crippen LogP contribution < -0.4 is 5.32 Å². The van der Waals surface area contributed by atoms with Gasteiger partial charge in [-0.05, 0) is 26.1 Å². The molecule has 8 nitrogen and oxygen atoms in total. The number of carbonyl (C=O) groups excluding carboxylic acids is 1. The van der Waals surface area contributed by atoms with Gasteiger partial charge >= 0.3 is 0 Å². The summed E-state index contributed by atoms with van der Waals surface area (Å²) in [6, 6.07) is 3.54. The summed E-state index contributed by atoms with van der Waals surface area (Å²) in [5, 5.41) is 9.93. The molecule has 1 aliphatic rings. The first-order valence-electron chi connectivity index (χ1n) is 7.54. The number of aromatic nitrogens is 4. The normalized spacial score (nSPS) is 18.8. The number of rotatable bonds is 4. The number of nitrogens with zero attached hydrogens (tertiary/aromatic N) is 4. The summed E-state index contributed by atoms with van der Waals surface area (Å²) in [4.78, 5) is 22.9. The lowest BCUT2D eigenvalue weighted by Crippen LogP contribution is -2.37. The van der Waals surface area contributed by atoms with Gasteiger partial charge in [-0.15, -0.1) is 0 Å². The van der Waals surface area contributed by atoms with Crippen molar-refractivity contribution in [3.05, 3.63) is 41.2 Å². The van der Waals surface area contributed by atoms with E-state index in [2.05, 4.69) is 30.4 Å². The largest absolute Gasteiger partial charge is 0.378 e. The Labute approximate surface area is 134 Å². The zero-order chi connectivity index (χ0) is 16.2. The number of H-pyrrole nitrogens is 1. The van der Waals surface area contributed by atoms with Crippen LogP contribution in [-0.2, 0) is 11.3 Å². The first kappa shape index (κ1) is 15.6. The average Bonchev–Trinajstić information content (AvgIpc) is 3.02. The van der Waals surface area contributed by atoms with E-state index in [1.165, 1.54) is 0 Å². The number of morpholine rings is 1. The zero-order valence-electron chi connectivity index (χ0n) is 13.2. The van der Waals surface area contributed by atoms with Crippen molar-refractivity contribution in [2.24, 2.45) is 0 Å². The van der Waals surface area contributed by atoms with E-state index in [1.54, 1.807) is 25.3 Å². The van der Waals surface area contributed by atoms with Crippen LogP contribution in [0.5, 0.6) is 0 Å². The topological polar surface area (TPSA) is 96.0 Å². The lowest BCUT2D eigenvalue weighted by atomic mass is 10.2. The molecule has 0 aromatic carbocycles. The van der Waals surface area contributed by atoms with Gasteiger partial charge in [0.05, 0.1) is 31.4 Å². The molecule has 2 N–H and O–H groups in total. The van der Waals surface area contributed by atoms with Crippen LogP contribution in [0.4, 0.5) is 0 Å². The van der Waals surface area contributed by atoms with Crippen LogP contribution in [0.15, 0.2) is 18.3 Å². The van der Waals surface area contributed by atoms with Gasteiger partial charge in [-0.1, -0.05) is 0 Å². The summed E-state index contributed by atoms with van der Waals surface area (Å²) in [7, 11) is 2.02. The van der Waals surface area contributed by atoms with Crippen molar-refractivity contribution in [3.8, 4) is 0 Å². The van der Waals surface area contributed by atoms with Crippen molar-refractivity contribution >= 4 is 5.91 Å². The summed E-state index contributed by atoms with van der Waals surface area (Å²) in [5.74, 6) is 1.13. The monoisotopic (exact) mass is 316 g/mol. The first-order chi connectivity index (χ1) is 11.1. The first-order valence-corrected chi connectivity index (χ1v) is 7.54. The highest BCUT2D eigenvalue weighted by Gasteiger charge is 2.25. The number of aryl methyl sites for hydroxylation is 1. The van der Waals surface area contributed by atoms with E-state index in [4.69, 9.17) is 4.74 Å². The second-order valence-electron chi connectivity index (χ2n) is 5.53. The fourth-order valence-corrected chi connectivity index (χ4v) is 2.48. The van der Waals surface area contributed by atoms with Gasteiger partial charge in [0.1, 0.15) is 5.82 Å². The molecule has 0 bridgehead atoms. The van der Waals surface area contributed by atoms with E-state index in [0.29, 0.717) is 29.5 Å². The molecule has 23 heavy (non-hydrogen) atoms. The number of amides is 1. The SMILES string of the molecule is Cc1ncccc1C(=O)NCc1nc(C2COCCN2C)n[nH]1. The number of nitrogens with one attached hydrogen (secondary N) is 2. The molecule has 3 rings (SSSR count). The van der Waals surface area contributed by atoms with Crippen LogP contribution >= 0.6 is 0 Å². The highest BCUT2D eigenvalue weighted by Crippen LogP contribution is 2.18. The molecule has 0 spiro atoms. The molecule has 2 aromatic heterocycles.